The zero-order valence-electron chi connectivity index (χ0n) is 9.16. The van der Waals surface area contributed by atoms with Crippen molar-refractivity contribution < 1.29 is 0 Å². The third kappa shape index (κ3) is 2.48. The summed E-state index contributed by atoms with van der Waals surface area (Å²) in [4.78, 5) is 0. The van der Waals surface area contributed by atoms with Gasteiger partial charge in [-0.3, -0.25) is 0 Å². The highest BCUT2D eigenvalue weighted by Crippen LogP contribution is 2.10. The summed E-state index contributed by atoms with van der Waals surface area (Å²) in [7, 11) is 0.965. The van der Waals surface area contributed by atoms with E-state index in [1.54, 1.807) is 0 Å². The highest BCUT2D eigenvalue weighted by atomic mass is 28.2. The fourth-order valence-corrected chi connectivity index (χ4v) is 3.21. The molecule has 0 spiro atoms. The van der Waals surface area contributed by atoms with Crippen LogP contribution in [0.15, 0.2) is 42.5 Å². The first-order valence-corrected chi connectivity index (χ1v) is 6.84. The van der Waals surface area contributed by atoms with E-state index in [0.29, 0.717) is 0 Å². The molecule has 76 valence electrons. The summed E-state index contributed by atoms with van der Waals surface area (Å²) in [5.41, 5.74) is 0. The fraction of sp³-hybridized carbons (Fsp3) is 0.286. The first-order valence-electron chi connectivity index (χ1n) is 5.63. The molecular weight excluding hydrogens is 196 g/mol. The van der Waals surface area contributed by atoms with Crippen LogP contribution < -0.4 is 5.19 Å². The van der Waals surface area contributed by atoms with Crippen LogP contribution in [0, 0.1) is 0 Å². The summed E-state index contributed by atoms with van der Waals surface area (Å²) < 4.78 is 0. The topological polar surface area (TPSA) is 0 Å². The van der Waals surface area contributed by atoms with E-state index in [2.05, 4.69) is 49.4 Å². The van der Waals surface area contributed by atoms with Crippen molar-refractivity contribution in [2.24, 2.45) is 0 Å². The molecule has 0 saturated carbocycles. The molecule has 0 N–H and O–H groups in total. The standard InChI is InChI=1S/C14H16Si/c1-2-3-11-15-14-10-6-8-12-7-4-5-9-13(12)14/h4-10H,2-3,11H2,1H3. The SMILES string of the molecule is CCCC[Si]c1cccc2ccccc12. The molecule has 2 rings (SSSR count). The van der Waals surface area contributed by atoms with Crippen LogP contribution in [0.3, 0.4) is 0 Å². The third-order valence-corrected chi connectivity index (χ3v) is 4.06. The van der Waals surface area contributed by atoms with Crippen LogP contribution >= 0.6 is 0 Å². The van der Waals surface area contributed by atoms with Gasteiger partial charge in [-0.05, 0) is 10.8 Å². The van der Waals surface area contributed by atoms with Gasteiger partial charge in [0.15, 0.2) is 0 Å². The Labute approximate surface area is 94.1 Å². The Morgan fingerprint density at radius 1 is 1.00 bits per heavy atom. The van der Waals surface area contributed by atoms with Crippen LogP contribution in [0.5, 0.6) is 0 Å². The lowest BCUT2D eigenvalue weighted by Gasteiger charge is -2.04. The summed E-state index contributed by atoms with van der Waals surface area (Å²) in [5.74, 6) is 0. The average molecular weight is 212 g/mol. The maximum atomic E-state index is 2.27. The predicted molar refractivity (Wildman–Crippen MR) is 69.1 cm³/mol. The van der Waals surface area contributed by atoms with Crippen LogP contribution in [0.1, 0.15) is 19.8 Å². The lowest BCUT2D eigenvalue weighted by Crippen LogP contribution is -2.14. The van der Waals surface area contributed by atoms with Gasteiger partial charge in [0.2, 0.25) is 0 Å². The van der Waals surface area contributed by atoms with Crippen molar-refractivity contribution in [3.63, 3.8) is 0 Å². The van der Waals surface area contributed by atoms with Crippen LogP contribution in [-0.2, 0) is 0 Å². The lowest BCUT2D eigenvalue weighted by molar-refractivity contribution is 0.881. The summed E-state index contributed by atoms with van der Waals surface area (Å²) >= 11 is 0. The van der Waals surface area contributed by atoms with Gasteiger partial charge >= 0.3 is 0 Å². The molecule has 2 radical (unpaired) electrons. The Kier molecular flexibility index (Phi) is 3.57. The molecule has 1 heteroatoms. The minimum atomic E-state index is 0.965. The van der Waals surface area contributed by atoms with Crippen molar-refractivity contribution in [3.05, 3.63) is 42.5 Å². The van der Waals surface area contributed by atoms with Crippen LogP contribution in [0.25, 0.3) is 10.8 Å². The molecule has 0 aliphatic rings. The van der Waals surface area contributed by atoms with E-state index in [-0.39, 0.29) is 0 Å². The smallest absolute Gasteiger partial charge is 0.0654 e. The van der Waals surface area contributed by atoms with E-state index in [0.717, 1.165) is 9.52 Å². The molecule has 0 atom stereocenters. The zero-order valence-corrected chi connectivity index (χ0v) is 10.2. The normalized spacial score (nSPS) is 10.7. The number of unbranched alkanes of at least 4 members (excludes halogenated alkanes) is 1. The second-order valence-corrected chi connectivity index (χ2v) is 5.20. The van der Waals surface area contributed by atoms with Gasteiger partial charge in [-0.25, -0.2) is 0 Å². The van der Waals surface area contributed by atoms with Crippen LogP contribution in [-0.4, -0.2) is 9.52 Å². The highest BCUT2D eigenvalue weighted by molar-refractivity contribution is 6.57. The molecule has 2 aromatic carbocycles. The van der Waals surface area contributed by atoms with Crippen molar-refractivity contribution in [3.8, 4) is 0 Å². The molecule has 0 aliphatic carbocycles. The first kappa shape index (κ1) is 10.4. The molecule has 0 fully saturated rings. The van der Waals surface area contributed by atoms with E-state index in [1.165, 1.54) is 34.8 Å². The molecular formula is C14H16Si. The van der Waals surface area contributed by atoms with Crippen molar-refractivity contribution in [1.29, 1.82) is 0 Å². The molecule has 0 aliphatic heterocycles. The average Bonchev–Trinajstić information content (AvgIpc) is 2.30. The second kappa shape index (κ2) is 5.13. The molecule has 0 heterocycles. The molecule has 0 nitrogen and oxygen atoms in total. The number of hydrogen-bond acceptors (Lipinski definition) is 0. The van der Waals surface area contributed by atoms with Gasteiger partial charge < -0.3 is 0 Å². The fourth-order valence-electron chi connectivity index (χ4n) is 1.78. The van der Waals surface area contributed by atoms with Gasteiger partial charge in [0.1, 0.15) is 0 Å². The van der Waals surface area contributed by atoms with Gasteiger partial charge in [0, 0.05) is 0 Å². The van der Waals surface area contributed by atoms with E-state index < -0.39 is 0 Å². The molecule has 2 aromatic rings. The first-order chi connectivity index (χ1) is 7.42. The van der Waals surface area contributed by atoms with Crippen molar-refractivity contribution in [2.45, 2.75) is 25.8 Å². The maximum absolute atomic E-state index is 2.27. The monoisotopic (exact) mass is 212 g/mol. The molecule has 15 heavy (non-hydrogen) atoms. The van der Waals surface area contributed by atoms with Crippen LogP contribution in [0.2, 0.25) is 6.04 Å². The number of rotatable bonds is 4. The van der Waals surface area contributed by atoms with E-state index >= 15 is 0 Å². The molecule has 0 bridgehead atoms. The van der Waals surface area contributed by atoms with Gasteiger partial charge in [-0.2, -0.15) is 0 Å². The van der Waals surface area contributed by atoms with Crippen molar-refractivity contribution in [1.82, 2.24) is 0 Å². The Balaban J connectivity index is 2.26. The number of hydrogen-bond donors (Lipinski definition) is 0. The molecule has 0 amide bonds. The Morgan fingerprint density at radius 2 is 1.80 bits per heavy atom. The third-order valence-electron chi connectivity index (χ3n) is 2.64. The van der Waals surface area contributed by atoms with Gasteiger partial charge in [-0.15, -0.1) is 0 Å². The molecule has 0 saturated heterocycles. The number of fused-ring (bicyclic) bond motifs is 1. The van der Waals surface area contributed by atoms with Gasteiger partial charge in [0.25, 0.3) is 0 Å². The van der Waals surface area contributed by atoms with Gasteiger partial charge in [-0.1, -0.05) is 73.5 Å². The summed E-state index contributed by atoms with van der Waals surface area (Å²) in [6, 6.07) is 16.7. The van der Waals surface area contributed by atoms with E-state index in [9.17, 15) is 0 Å². The minimum Gasteiger partial charge on any atom is -0.0654 e. The van der Waals surface area contributed by atoms with Crippen LogP contribution in [0.4, 0.5) is 0 Å². The van der Waals surface area contributed by atoms with E-state index in [4.69, 9.17) is 0 Å². The highest BCUT2D eigenvalue weighted by Gasteiger charge is 2.00. The minimum absolute atomic E-state index is 0.965. The molecule has 0 unspecified atom stereocenters. The Hall–Kier alpha value is -1.08. The van der Waals surface area contributed by atoms with Gasteiger partial charge in [0.05, 0.1) is 9.52 Å². The summed E-state index contributed by atoms with van der Waals surface area (Å²) in [5, 5.41) is 4.34. The van der Waals surface area contributed by atoms with E-state index in [1.807, 2.05) is 0 Å². The predicted octanol–water partition coefficient (Wildman–Crippen LogP) is 3.39. The molecule has 0 aromatic heterocycles. The Bertz CT molecular complexity index is 429. The summed E-state index contributed by atoms with van der Waals surface area (Å²) in [6.45, 7) is 2.26. The summed E-state index contributed by atoms with van der Waals surface area (Å²) in [6.07, 6.45) is 2.65. The van der Waals surface area contributed by atoms with Crippen molar-refractivity contribution in [2.75, 3.05) is 0 Å². The lowest BCUT2D eigenvalue weighted by atomic mass is 10.1. The number of benzene rings is 2. The quantitative estimate of drug-likeness (QED) is 0.538. The Morgan fingerprint density at radius 3 is 2.67 bits per heavy atom. The zero-order chi connectivity index (χ0) is 10.5. The largest absolute Gasteiger partial charge is 0.0816 e. The second-order valence-electron chi connectivity index (χ2n) is 3.81. The van der Waals surface area contributed by atoms with Crippen molar-refractivity contribution >= 4 is 25.5 Å². The maximum Gasteiger partial charge on any atom is 0.0816 e.